The van der Waals surface area contributed by atoms with Gasteiger partial charge in [0.2, 0.25) is 5.91 Å². The van der Waals surface area contributed by atoms with Crippen LogP contribution in [0.3, 0.4) is 0 Å². The molecule has 0 unspecified atom stereocenters. The van der Waals surface area contributed by atoms with E-state index in [9.17, 15) is 18.0 Å². The minimum absolute atomic E-state index is 0.106. The van der Waals surface area contributed by atoms with Crippen molar-refractivity contribution in [2.24, 2.45) is 0 Å². The first-order chi connectivity index (χ1) is 17.2. The summed E-state index contributed by atoms with van der Waals surface area (Å²) in [5, 5.41) is 7.57. The number of halogens is 3. The van der Waals surface area contributed by atoms with Gasteiger partial charge in [0.15, 0.2) is 0 Å². The highest BCUT2D eigenvalue weighted by molar-refractivity contribution is 5.83. The molecule has 1 N–H and O–H groups in total. The maximum atomic E-state index is 13.4. The molecule has 1 aromatic heterocycles. The van der Waals surface area contributed by atoms with Crippen LogP contribution in [0.25, 0.3) is 0 Å². The highest BCUT2D eigenvalue weighted by Gasteiger charge is 2.39. The van der Waals surface area contributed by atoms with Crippen molar-refractivity contribution in [3.8, 4) is 0 Å². The molecule has 2 atom stereocenters. The van der Waals surface area contributed by atoms with Crippen LogP contribution in [0, 0.1) is 13.8 Å². The van der Waals surface area contributed by atoms with Crippen LogP contribution < -0.4 is 5.32 Å². The van der Waals surface area contributed by atoms with Crippen molar-refractivity contribution in [3.63, 3.8) is 0 Å². The number of carbonyl (C=O) groups is 1. The van der Waals surface area contributed by atoms with Crippen LogP contribution in [0.15, 0.2) is 48.5 Å². The van der Waals surface area contributed by atoms with Gasteiger partial charge < -0.3 is 5.32 Å². The highest BCUT2D eigenvalue weighted by Crippen LogP contribution is 2.41. The van der Waals surface area contributed by atoms with Gasteiger partial charge in [-0.05, 0) is 62.4 Å². The van der Waals surface area contributed by atoms with Crippen LogP contribution in [0.2, 0.25) is 0 Å². The molecule has 0 saturated carbocycles. The lowest BCUT2D eigenvalue weighted by Gasteiger charge is -2.41. The first-order valence-electron chi connectivity index (χ1n) is 12.4. The summed E-state index contributed by atoms with van der Waals surface area (Å²) in [5.74, 6) is -0.106. The van der Waals surface area contributed by atoms with Gasteiger partial charge in [-0.1, -0.05) is 36.4 Å². The first kappa shape index (κ1) is 25.9. The monoisotopic (exact) mass is 498 g/mol. The molecule has 0 radical (unpaired) electrons. The molecule has 0 spiro atoms. The average molecular weight is 499 g/mol. The Labute approximate surface area is 210 Å². The molecule has 0 saturated heterocycles. The van der Waals surface area contributed by atoms with Gasteiger partial charge in [-0.3, -0.25) is 14.4 Å². The number of alkyl halides is 3. The summed E-state index contributed by atoms with van der Waals surface area (Å²) in [6, 6.07) is 12.9. The third kappa shape index (κ3) is 5.05. The number of hydrogen-bond acceptors (Lipinski definition) is 3. The van der Waals surface area contributed by atoms with Gasteiger partial charge in [-0.2, -0.15) is 18.3 Å². The number of hydrogen-bond donors (Lipinski definition) is 1. The predicted molar refractivity (Wildman–Crippen MR) is 134 cm³/mol. The van der Waals surface area contributed by atoms with Crippen LogP contribution in [-0.2, 0) is 30.4 Å². The third-order valence-corrected chi connectivity index (χ3v) is 7.23. The number of rotatable bonds is 7. The fourth-order valence-electron chi connectivity index (χ4n) is 5.45. The number of aryl methyl sites for hydroxylation is 4. The van der Waals surface area contributed by atoms with E-state index >= 15 is 0 Å². The van der Waals surface area contributed by atoms with Gasteiger partial charge in [-0.15, -0.1) is 0 Å². The molecule has 1 aliphatic rings. The standard InChI is InChI=1S/C28H33F3N4O/c1-5-35-24-15-16-34(26(27(36)32-4)20-9-7-6-8-10-20)23(25(24)19(3)33-35)14-12-21-17-22(28(29,30)31)13-11-18(21)2/h6-11,13,17,23,26H,5,12,14-16H2,1-4H3,(H,32,36)/t23-,26+/m0/s1. The maximum Gasteiger partial charge on any atom is 0.416 e. The van der Waals surface area contributed by atoms with Crippen LogP contribution >= 0.6 is 0 Å². The Morgan fingerprint density at radius 2 is 1.89 bits per heavy atom. The van der Waals surface area contributed by atoms with E-state index in [4.69, 9.17) is 5.10 Å². The zero-order chi connectivity index (χ0) is 26.0. The minimum Gasteiger partial charge on any atom is -0.358 e. The minimum atomic E-state index is -4.39. The number of amides is 1. The normalized spacial score (nSPS) is 17.0. The summed E-state index contributed by atoms with van der Waals surface area (Å²) < 4.78 is 42.2. The molecular formula is C28H33F3N4O. The lowest BCUT2D eigenvalue weighted by atomic mass is 9.88. The molecule has 36 heavy (non-hydrogen) atoms. The number of fused-ring (bicyclic) bond motifs is 1. The van der Waals surface area contributed by atoms with E-state index in [0.717, 1.165) is 47.1 Å². The Bertz CT molecular complexity index is 1220. The molecule has 8 heteroatoms. The summed E-state index contributed by atoms with van der Waals surface area (Å²) in [6.45, 7) is 7.27. The zero-order valence-corrected chi connectivity index (χ0v) is 21.2. The molecular weight excluding hydrogens is 465 g/mol. The van der Waals surface area contributed by atoms with Crippen LogP contribution in [0.1, 0.15) is 64.6 Å². The third-order valence-electron chi connectivity index (χ3n) is 7.23. The first-order valence-corrected chi connectivity index (χ1v) is 12.4. The molecule has 5 nitrogen and oxygen atoms in total. The van der Waals surface area contributed by atoms with Crippen molar-refractivity contribution < 1.29 is 18.0 Å². The number of nitrogens with one attached hydrogen (secondary N) is 1. The SMILES string of the molecule is CCn1nc(C)c2c1CCN([C@@H](C(=O)NC)c1ccccc1)[C@H]2CCc1cc(C(F)(F)F)ccc1C. The molecule has 1 aliphatic heterocycles. The number of benzene rings is 2. The van der Waals surface area contributed by atoms with Gasteiger partial charge in [0.25, 0.3) is 0 Å². The Morgan fingerprint density at radius 3 is 2.53 bits per heavy atom. The van der Waals surface area contributed by atoms with E-state index in [1.54, 1.807) is 13.1 Å². The van der Waals surface area contributed by atoms with E-state index in [-0.39, 0.29) is 11.9 Å². The van der Waals surface area contributed by atoms with E-state index in [1.165, 1.54) is 6.07 Å². The van der Waals surface area contributed by atoms with Gasteiger partial charge in [0.1, 0.15) is 6.04 Å². The zero-order valence-electron chi connectivity index (χ0n) is 21.2. The fourth-order valence-corrected chi connectivity index (χ4v) is 5.45. The van der Waals surface area contributed by atoms with Gasteiger partial charge in [0, 0.05) is 43.9 Å². The molecule has 4 rings (SSSR count). The number of likely N-dealkylation sites (N-methyl/N-ethyl adjacent to an activating group) is 1. The Kier molecular flexibility index (Phi) is 7.54. The van der Waals surface area contributed by atoms with Gasteiger partial charge >= 0.3 is 6.18 Å². The van der Waals surface area contributed by atoms with Crippen molar-refractivity contribution in [2.75, 3.05) is 13.6 Å². The van der Waals surface area contributed by atoms with Crippen molar-refractivity contribution in [1.29, 1.82) is 0 Å². The maximum absolute atomic E-state index is 13.4. The second-order valence-electron chi connectivity index (χ2n) is 9.37. The Morgan fingerprint density at radius 1 is 1.17 bits per heavy atom. The number of nitrogens with zero attached hydrogens (tertiary/aromatic N) is 3. The van der Waals surface area contributed by atoms with Crippen molar-refractivity contribution >= 4 is 5.91 Å². The quantitative estimate of drug-likeness (QED) is 0.464. The topological polar surface area (TPSA) is 50.2 Å². The summed E-state index contributed by atoms with van der Waals surface area (Å²) in [5.41, 5.74) is 4.92. The summed E-state index contributed by atoms with van der Waals surface area (Å²) >= 11 is 0. The second-order valence-corrected chi connectivity index (χ2v) is 9.37. The molecule has 0 fully saturated rings. The van der Waals surface area contributed by atoms with Crippen LogP contribution in [0.5, 0.6) is 0 Å². The van der Waals surface area contributed by atoms with Gasteiger partial charge in [-0.25, -0.2) is 0 Å². The molecule has 1 amide bonds. The van der Waals surface area contributed by atoms with Crippen LogP contribution in [-0.4, -0.2) is 34.2 Å². The molecule has 0 bridgehead atoms. The highest BCUT2D eigenvalue weighted by atomic mass is 19.4. The summed E-state index contributed by atoms with van der Waals surface area (Å²) in [6.07, 6.45) is -2.60. The molecule has 2 heterocycles. The van der Waals surface area contributed by atoms with Crippen molar-refractivity contribution in [2.45, 2.75) is 64.8 Å². The van der Waals surface area contributed by atoms with Crippen LogP contribution in [0.4, 0.5) is 13.2 Å². The second kappa shape index (κ2) is 10.5. The largest absolute Gasteiger partial charge is 0.416 e. The molecule has 192 valence electrons. The summed E-state index contributed by atoms with van der Waals surface area (Å²) in [7, 11) is 1.63. The van der Waals surface area contributed by atoms with Gasteiger partial charge in [0.05, 0.1) is 11.3 Å². The Balaban J connectivity index is 1.76. The molecule has 2 aromatic carbocycles. The van der Waals surface area contributed by atoms with Crippen molar-refractivity contribution in [3.05, 3.63) is 87.7 Å². The smallest absolute Gasteiger partial charge is 0.358 e. The molecule has 3 aromatic rings. The fraction of sp³-hybridized carbons (Fsp3) is 0.429. The van der Waals surface area contributed by atoms with E-state index in [2.05, 4.69) is 17.1 Å². The van der Waals surface area contributed by atoms with Crippen molar-refractivity contribution in [1.82, 2.24) is 20.0 Å². The number of aromatic nitrogens is 2. The van der Waals surface area contributed by atoms with E-state index in [1.807, 2.05) is 48.9 Å². The predicted octanol–water partition coefficient (Wildman–Crippen LogP) is 5.56. The molecule has 0 aliphatic carbocycles. The summed E-state index contributed by atoms with van der Waals surface area (Å²) in [4.78, 5) is 15.4. The number of carbonyl (C=O) groups excluding carboxylic acids is 1. The average Bonchev–Trinajstić information content (AvgIpc) is 3.19. The lowest BCUT2D eigenvalue weighted by Crippen LogP contribution is -2.45. The lowest BCUT2D eigenvalue weighted by molar-refractivity contribution is -0.137. The Hall–Kier alpha value is -3.13. The van der Waals surface area contributed by atoms with E-state index < -0.39 is 17.8 Å². The van der Waals surface area contributed by atoms with E-state index in [0.29, 0.717) is 24.9 Å².